The Morgan fingerprint density at radius 1 is 1.18 bits per heavy atom. The molecule has 12 heteroatoms. The summed E-state index contributed by atoms with van der Waals surface area (Å²) < 4.78 is 44.7. The Morgan fingerprint density at radius 2 is 1.91 bits per heavy atom. The lowest BCUT2D eigenvalue weighted by Crippen LogP contribution is -2.42. The number of hydrogen-bond donors (Lipinski definition) is 0. The molecule has 1 fully saturated rings. The molecule has 3 heterocycles. The van der Waals surface area contributed by atoms with E-state index in [1.165, 1.54) is 30.6 Å². The molecule has 1 saturated heterocycles. The Bertz CT molecular complexity index is 1330. The average Bonchev–Trinajstić information content (AvgIpc) is 2.77. The zero-order chi connectivity index (χ0) is 23.8. The molecular formula is C21H20ClFN4O5S. The molecular weight excluding hydrogens is 475 g/mol. The van der Waals surface area contributed by atoms with Crippen LogP contribution in [0.25, 0.3) is 5.69 Å². The second kappa shape index (κ2) is 9.06. The number of carbonyl (C=O) groups is 1. The molecule has 0 N–H and O–H groups in total. The monoisotopic (exact) mass is 494 g/mol. The topological polar surface area (TPSA) is 110 Å². The van der Waals surface area contributed by atoms with Crippen LogP contribution in [-0.4, -0.2) is 67.8 Å². The molecule has 33 heavy (non-hydrogen) atoms. The number of guanidine groups is 1. The summed E-state index contributed by atoms with van der Waals surface area (Å²) in [5.41, 5.74) is -0.699. The fourth-order valence-corrected chi connectivity index (χ4v) is 4.41. The highest BCUT2D eigenvalue weighted by Crippen LogP contribution is 2.27. The molecule has 0 unspecified atom stereocenters. The number of likely N-dealkylation sites (tertiary alicyclic amines) is 1. The van der Waals surface area contributed by atoms with E-state index in [0.717, 1.165) is 16.9 Å². The highest BCUT2D eigenvalue weighted by atomic mass is 35.5. The molecule has 0 spiro atoms. The standard InChI is InChI=1S/C21H20ClFN4O5S/c1-33(30,31)15-2-3-18(17(23)8-15)27-12-16(22)19(9-20(27)29)32-14-4-6-26(7-5-14)21-24-10-13(28)11-25-21/h2-3,8-10,12,14H,4-7,11H2,1H3. The molecule has 0 aliphatic carbocycles. The molecule has 174 valence electrons. The number of Topliss-reactive ketones (excluding diaryl/α,β-unsaturated/α-hetero) is 1. The number of aliphatic imine (C=N–C) groups is 2. The summed E-state index contributed by atoms with van der Waals surface area (Å²) in [6, 6.07) is 4.48. The number of ketones is 1. The third-order valence-electron chi connectivity index (χ3n) is 5.30. The maximum atomic E-state index is 14.5. The minimum Gasteiger partial charge on any atom is -0.488 e. The van der Waals surface area contributed by atoms with Crippen LogP contribution in [0.4, 0.5) is 4.39 Å². The van der Waals surface area contributed by atoms with Crippen LogP contribution >= 0.6 is 11.6 Å². The molecule has 9 nitrogen and oxygen atoms in total. The van der Waals surface area contributed by atoms with E-state index in [2.05, 4.69) is 9.98 Å². The van der Waals surface area contributed by atoms with Crippen LogP contribution in [0.5, 0.6) is 5.75 Å². The number of ether oxygens (including phenoxy) is 1. The number of aromatic nitrogens is 1. The van der Waals surface area contributed by atoms with Gasteiger partial charge in [0.2, 0.25) is 5.96 Å². The van der Waals surface area contributed by atoms with E-state index in [1.54, 1.807) is 0 Å². The summed E-state index contributed by atoms with van der Waals surface area (Å²) in [6.07, 6.45) is 4.55. The second-order valence-corrected chi connectivity index (χ2v) is 10.1. The van der Waals surface area contributed by atoms with Crippen molar-refractivity contribution in [3.8, 4) is 11.4 Å². The lowest BCUT2D eigenvalue weighted by Gasteiger charge is -2.33. The zero-order valence-corrected chi connectivity index (χ0v) is 19.1. The van der Waals surface area contributed by atoms with Gasteiger partial charge < -0.3 is 9.64 Å². The van der Waals surface area contributed by atoms with E-state index in [9.17, 15) is 22.4 Å². The number of hydrogen-bond acceptors (Lipinski definition) is 8. The van der Waals surface area contributed by atoms with Gasteiger partial charge in [-0.25, -0.2) is 22.8 Å². The lowest BCUT2D eigenvalue weighted by molar-refractivity contribution is -0.111. The molecule has 0 radical (unpaired) electrons. The number of halogens is 2. The Kier molecular flexibility index (Phi) is 6.35. The Labute approximate surface area is 194 Å². The van der Waals surface area contributed by atoms with Gasteiger partial charge in [0.05, 0.1) is 21.8 Å². The van der Waals surface area contributed by atoms with Crippen LogP contribution in [0.15, 0.2) is 50.1 Å². The number of rotatable bonds is 4. The predicted molar refractivity (Wildman–Crippen MR) is 121 cm³/mol. The molecule has 2 aliphatic rings. The van der Waals surface area contributed by atoms with Gasteiger partial charge in [0.1, 0.15) is 24.2 Å². The van der Waals surface area contributed by atoms with Gasteiger partial charge in [-0.05, 0) is 18.2 Å². The summed E-state index contributed by atoms with van der Waals surface area (Å²) in [6.45, 7) is 1.32. The van der Waals surface area contributed by atoms with E-state index in [4.69, 9.17) is 16.3 Å². The summed E-state index contributed by atoms with van der Waals surface area (Å²) >= 11 is 6.31. The van der Waals surface area contributed by atoms with Gasteiger partial charge in [-0.1, -0.05) is 11.6 Å². The van der Waals surface area contributed by atoms with Crippen LogP contribution in [0, 0.1) is 5.82 Å². The van der Waals surface area contributed by atoms with Crippen molar-refractivity contribution in [2.45, 2.75) is 23.8 Å². The number of carbonyl (C=O) groups excluding carboxylic acids is 1. The highest BCUT2D eigenvalue weighted by molar-refractivity contribution is 7.90. The molecule has 0 bridgehead atoms. The smallest absolute Gasteiger partial charge is 0.258 e. The van der Waals surface area contributed by atoms with Crippen molar-refractivity contribution in [2.75, 3.05) is 25.9 Å². The van der Waals surface area contributed by atoms with Crippen molar-refractivity contribution in [2.24, 2.45) is 9.98 Å². The minimum atomic E-state index is -3.59. The number of piperidine rings is 1. The van der Waals surface area contributed by atoms with Crippen molar-refractivity contribution in [3.05, 3.63) is 51.7 Å². The van der Waals surface area contributed by atoms with E-state index in [-0.39, 0.29) is 39.8 Å². The number of pyridine rings is 1. The van der Waals surface area contributed by atoms with Gasteiger partial charge in [-0.2, -0.15) is 0 Å². The molecule has 0 saturated carbocycles. The molecule has 2 aromatic rings. The SMILES string of the molecule is CS(=O)(=O)c1ccc(-n2cc(Cl)c(OC3CCN(C4=NCC(=O)C=N4)CC3)cc2=O)c(F)c1. The molecule has 0 atom stereocenters. The van der Waals surface area contributed by atoms with Gasteiger partial charge in [0, 0.05) is 44.5 Å². The minimum absolute atomic E-state index is 0.0960. The lowest BCUT2D eigenvalue weighted by atomic mass is 10.1. The van der Waals surface area contributed by atoms with E-state index in [1.807, 2.05) is 4.90 Å². The van der Waals surface area contributed by atoms with Crippen LogP contribution in [0.3, 0.4) is 0 Å². The molecule has 1 aromatic heterocycles. The van der Waals surface area contributed by atoms with Crippen LogP contribution < -0.4 is 10.3 Å². The van der Waals surface area contributed by atoms with Gasteiger partial charge >= 0.3 is 0 Å². The highest BCUT2D eigenvalue weighted by Gasteiger charge is 2.25. The first-order valence-electron chi connectivity index (χ1n) is 10.1. The Hall–Kier alpha value is -3.05. The molecule has 4 rings (SSSR count). The normalized spacial score (nSPS) is 17.2. The number of sulfone groups is 1. The fourth-order valence-electron chi connectivity index (χ4n) is 3.58. The first-order chi connectivity index (χ1) is 15.6. The van der Waals surface area contributed by atoms with Crippen molar-refractivity contribution in [1.82, 2.24) is 9.47 Å². The predicted octanol–water partition coefficient (Wildman–Crippen LogP) is 1.89. The maximum absolute atomic E-state index is 14.5. The quantitative estimate of drug-likeness (QED) is 0.642. The number of nitrogens with zero attached hydrogens (tertiary/aromatic N) is 4. The summed E-state index contributed by atoms with van der Waals surface area (Å²) in [7, 11) is -3.59. The largest absolute Gasteiger partial charge is 0.488 e. The van der Waals surface area contributed by atoms with Crippen LogP contribution in [-0.2, 0) is 14.6 Å². The third-order valence-corrected chi connectivity index (χ3v) is 6.69. The first-order valence-corrected chi connectivity index (χ1v) is 12.3. The van der Waals surface area contributed by atoms with Gasteiger partial charge in [-0.3, -0.25) is 14.2 Å². The van der Waals surface area contributed by atoms with E-state index in [0.29, 0.717) is 31.9 Å². The number of benzene rings is 1. The first kappa shape index (κ1) is 23.1. The van der Waals surface area contributed by atoms with Crippen molar-refractivity contribution < 1.29 is 22.3 Å². The van der Waals surface area contributed by atoms with Crippen molar-refractivity contribution in [3.63, 3.8) is 0 Å². The Morgan fingerprint density at radius 3 is 2.52 bits per heavy atom. The third kappa shape index (κ3) is 5.14. The van der Waals surface area contributed by atoms with Crippen molar-refractivity contribution in [1.29, 1.82) is 0 Å². The molecule has 0 amide bonds. The summed E-state index contributed by atoms with van der Waals surface area (Å²) in [4.78, 5) is 33.8. The van der Waals surface area contributed by atoms with E-state index < -0.39 is 21.2 Å². The van der Waals surface area contributed by atoms with Crippen LogP contribution in [0.2, 0.25) is 5.02 Å². The van der Waals surface area contributed by atoms with Crippen LogP contribution in [0.1, 0.15) is 12.8 Å². The second-order valence-electron chi connectivity index (χ2n) is 7.72. The maximum Gasteiger partial charge on any atom is 0.258 e. The fraction of sp³-hybridized carbons (Fsp3) is 0.333. The van der Waals surface area contributed by atoms with Crippen molar-refractivity contribution >= 4 is 39.4 Å². The molecule has 1 aromatic carbocycles. The summed E-state index contributed by atoms with van der Waals surface area (Å²) in [5.74, 6) is -0.291. The summed E-state index contributed by atoms with van der Waals surface area (Å²) in [5, 5.41) is 0.114. The van der Waals surface area contributed by atoms with E-state index >= 15 is 0 Å². The molecule has 2 aliphatic heterocycles. The zero-order valence-electron chi connectivity index (χ0n) is 17.6. The van der Waals surface area contributed by atoms with Gasteiger partial charge in [0.15, 0.2) is 15.6 Å². The Balaban J connectivity index is 1.47. The van der Waals surface area contributed by atoms with Gasteiger partial charge in [-0.15, -0.1) is 0 Å². The average molecular weight is 495 g/mol. The van der Waals surface area contributed by atoms with Gasteiger partial charge in [0.25, 0.3) is 5.56 Å².